The van der Waals surface area contributed by atoms with E-state index in [-0.39, 0.29) is 36.9 Å². The molecule has 20 heavy (non-hydrogen) atoms. The van der Waals surface area contributed by atoms with Gasteiger partial charge in [0.25, 0.3) is 0 Å². The van der Waals surface area contributed by atoms with Crippen molar-refractivity contribution in [1.29, 1.82) is 0 Å². The number of hydrogen-bond donors (Lipinski definition) is 2. The van der Waals surface area contributed by atoms with Gasteiger partial charge < -0.3 is 20.3 Å². The molecule has 7 heteroatoms. The van der Waals surface area contributed by atoms with E-state index < -0.39 is 0 Å². The van der Waals surface area contributed by atoms with Crippen LogP contribution in [-0.4, -0.2) is 62.1 Å². The molecule has 0 spiro atoms. The Morgan fingerprint density at radius 2 is 2.00 bits per heavy atom. The first-order valence-electron chi connectivity index (χ1n) is 7.12. The fourth-order valence-corrected chi connectivity index (χ4v) is 2.46. The Labute approximate surface area is 126 Å². The van der Waals surface area contributed by atoms with E-state index in [0.717, 1.165) is 32.5 Å². The van der Waals surface area contributed by atoms with Gasteiger partial charge >= 0.3 is 0 Å². The predicted octanol–water partition coefficient (Wildman–Crippen LogP) is -0.0846. The first-order chi connectivity index (χ1) is 9.25. The van der Waals surface area contributed by atoms with Crippen molar-refractivity contribution in [2.24, 2.45) is 0 Å². The monoisotopic (exact) mass is 305 g/mol. The maximum absolute atomic E-state index is 11.9. The maximum atomic E-state index is 11.9. The number of carbonyl (C=O) groups is 2. The molecule has 0 aromatic heterocycles. The molecule has 2 amide bonds. The van der Waals surface area contributed by atoms with Gasteiger partial charge in [-0.1, -0.05) is 0 Å². The van der Waals surface area contributed by atoms with Crippen LogP contribution in [-0.2, 0) is 14.3 Å². The highest BCUT2D eigenvalue weighted by Gasteiger charge is 2.19. The van der Waals surface area contributed by atoms with Crippen LogP contribution >= 0.6 is 12.4 Å². The van der Waals surface area contributed by atoms with Crippen LogP contribution in [0.2, 0.25) is 0 Å². The summed E-state index contributed by atoms with van der Waals surface area (Å²) in [6.45, 7) is 3.94. The Balaban J connectivity index is 0.00000200. The Hall–Kier alpha value is -0.850. The molecule has 2 aliphatic heterocycles. The van der Waals surface area contributed by atoms with E-state index in [1.54, 1.807) is 0 Å². The quantitative estimate of drug-likeness (QED) is 0.762. The van der Waals surface area contributed by atoms with Crippen LogP contribution in [0.25, 0.3) is 0 Å². The molecule has 2 aliphatic rings. The first-order valence-corrected chi connectivity index (χ1v) is 7.12. The van der Waals surface area contributed by atoms with Crippen molar-refractivity contribution in [3.63, 3.8) is 0 Å². The van der Waals surface area contributed by atoms with E-state index >= 15 is 0 Å². The number of nitrogens with one attached hydrogen (secondary N) is 2. The molecule has 0 bridgehead atoms. The molecule has 2 fully saturated rings. The Bertz CT molecular complexity index is 316. The molecule has 116 valence electrons. The highest BCUT2D eigenvalue weighted by Crippen LogP contribution is 2.08. The van der Waals surface area contributed by atoms with Crippen LogP contribution in [0.5, 0.6) is 0 Å². The standard InChI is InChI=1S/C13H23N3O3.ClH/c17-12(8-11-9-14-4-7-19-11)15-10-13(18)16-5-2-1-3-6-16;/h11,14H,1-10H2,(H,15,17);1H. The second-order valence-corrected chi connectivity index (χ2v) is 5.12. The maximum Gasteiger partial charge on any atom is 0.241 e. The van der Waals surface area contributed by atoms with Gasteiger partial charge in [-0.2, -0.15) is 0 Å². The molecule has 0 radical (unpaired) electrons. The van der Waals surface area contributed by atoms with E-state index in [1.807, 2.05) is 4.90 Å². The molecule has 2 saturated heterocycles. The SMILES string of the molecule is Cl.O=C(CC1CNCCO1)NCC(=O)N1CCCCC1. The molecule has 0 saturated carbocycles. The minimum atomic E-state index is -0.112. The number of halogens is 1. The Kier molecular flexibility index (Phi) is 7.87. The summed E-state index contributed by atoms with van der Waals surface area (Å²) in [4.78, 5) is 25.4. The highest BCUT2D eigenvalue weighted by atomic mass is 35.5. The molecule has 1 atom stereocenters. The third-order valence-corrected chi connectivity index (χ3v) is 3.56. The van der Waals surface area contributed by atoms with Gasteiger partial charge in [0.2, 0.25) is 11.8 Å². The van der Waals surface area contributed by atoms with Crippen LogP contribution in [0.15, 0.2) is 0 Å². The number of rotatable bonds is 4. The smallest absolute Gasteiger partial charge is 0.241 e. The summed E-state index contributed by atoms with van der Waals surface area (Å²) in [6.07, 6.45) is 3.59. The van der Waals surface area contributed by atoms with Gasteiger partial charge in [0.15, 0.2) is 0 Å². The zero-order chi connectivity index (χ0) is 13.5. The van der Waals surface area contributed by atoms with Gasteiger partial charge in [0.1, 0.15) is 0 Å². The van der Waals surface area contributed by atoms with Crippen molar-refractivity contribution < 1.29 is 14.3 Å². The predicted molar refractivity (Wildman–Crippen MR) is 77.9 cm³/mol. The zero-order valence-electron chi connectivity index (χ0n) is 11.7. The van der Waals surface area contributed by atoms with Crippen molar-refractivity contribution in [2.75, 3.05) is 39.3 Å². The molecule has 2 heterocycles. The molecule has 0 aliphatic carbocycles. The number of amides is 2. The number of nitrogens with zero attached hydrogens (tertiary/aromatic N) is 1. The van der Waals surface area contributed by atoms with Crippen molar-refractivity contribution >= 4 is 24.2 Å². The summed E-state index contributed by atoms with van der Waals surface area (Å²) >= 11 is 0. The summed E-state index contributed by atoms with van der Waals surface area (Å²) in [6, 6.07) is 0. The highest BCUT2D eigenvalue weighted by molar-refractivity contribution is 5.85. The van der Waals surface area contributed by atoms with E-state index in [1.165, 1.54) is 6.42 Å². The average Bonchev–Trinajstić information content (AvgIpc) is 2.47. The van der Waals surface area contributed by atoms with Gasteiger partial charge in [-0.25, -0.2) is 0 Å². The van der Waals surface area contributed by atoms with Crippen molar-refractivity contribution in [3.8, 4) is 0 Å². The van der Waals surface area contributed by atoms with E-state index in [2.05, 4.69) is 10.6 Å². The van der Waals surface area contributed by atoms with E-state index in [0.29, 0.717) is 19.6 Å². The normalized spacial score (nSPS) is 22.8. The van der Waals surface area contributed by atoms with E-state index in [9.17, 15) is 9.59 Å². The number of piperidine rings is 1. The Morgan fingerprint density at radius 1 is 1.25 bits per heavy atom. The Morgan fingerprint density at radius 3 is 2.65 bits per heavy atom. The van der Waals surface area contributed by atoms with Crippen LogP contribution < -0.4 is 10.6 Å². The molecular weight excluding hydrogens is 282 g/mol. The minimum Gasteiger partial charge on any atom is -0.375 e. The second-order valence-electron chi connectivity index (χ2n) is 5.12. The lowest BCUT2D eigenvalue weighted by molar-refractivity contribution is -0.134. The lowest BCUT2D eigenvalue weighted by atomic mass is 10.1. The minimum absolute atomic E-state index is 0. The van der Waals surface area contributed by atoms with Crippen molar-refractivity contribution in [1.82, 2.24) is 15.5 Å². The molecule has 0 aromatic rings. The number of carbonyl (C=O) groups excluding carboxylic acids is 2. The third-order valence-electron chi connectivity index (χ3n) is 3.56. The summed E-state index contributed by atoms with van der Waals surface area (Å²) < 4.78 is 5.45. The molecule has 1 unspecified atom stereocenters. The molecule has 2 rings (SSSR count). The summed E-state index contributed by atoms with van der Waals surface area (Å²) in [5.74, 6) is -0.0882. The fraction of sp³-hybridized carbons (Fsp3) is 0.846. The zero-order valence-corrected chi connectivity index (χ0v) is 12.5. The summed E-state index contributed by atoms with van der Waals surface area (Å²) in [5, 5.41) is 5.87. The average molecular weight is 306 g/mol. The number of morpholine rings is 1. The van der Waals surface area contributed by atoms with Gasteiger partial charge in [-0.05, 0) is 19.3 Å². The van der Waals surface area contributed by atoms with Crippen LogP contribution in [0.3, 0.4) is 0 Å². The molecule has 6 nitrogen and oxygen atoms in total. The van der Waals surface area contributed by atoms with Crippen molar-refractivity contribution in [2.45, 2.75) is 31.8 Å². The lowest BCUT2D eigenvalue weighted by Crippen LogP contribution is -2.45. The van der Waals surface area contributed by atoms with Crippen LogP contribution in [0.4, 0.5) is 0 Å². The number of likely N-dealkylation sites (tertiary alicyclic amines) is 1. The number of hydrogen-bond acceptors (Lipinski definition) is 4. The second kappa shape index (κ2) is 9.15. The van der Waals surface area contributed by atoms with Gasteiger partial charge in [0.05, 0.1) is 25.7 Å². The summed E-state index contributed by atoms with van der Waals surface area (Å²) in [5.41, 5.74) is 0. The molecule has 0 aromatic carbocycles. The van der Waals surface area contributed by atoms with Gasteiger partial charge in [0, 0.05) is 26.2 Å². The topological polar surface area (TPSA) is 70.7 Å². The lowest BCUT2D eigenvalue weighted by Gasteiger charge is -2.27. The van der Waals surface area contributed by atoms with Crippen LogP contribution in [0.1, 0.15) is 25.7 Å². The first kappa shape index (κ1) is 17.2. The number of ether oxygens (including phenoxy) is 1. The molecule has 2 N–H and O–H groups in total. The van der Waals surface area contributed by atoms with Gasteiger partial charge in [-0.15, -0.1) is 12.4 Å². The van der Waals surface area contributed by atoms with E-state index in [4.69, 9.17) is 4.74 Å². The van der Waals surface area contributed by atoms with Crippen LogP contribution in [0, 0.1) is 0 Å². The molecular formula is C13H24ClN3O3. The fourth-order valence-electron chi connectivity index (χ4n) is 2.46. The summed E-state index contributed by atoms with van der Waals surface area (Å²) in [7, 11) is 0. The third kappa shape index (κ3) is 5.64. The largest absolute Gasteiger partial charge is 0.375 e. The van der Waals surface area contributed by atoms with Crippen molar-refractivity contribution in [3.05, 3.63) is 0 Å². The van der Waals surface area contributed by atoms with Gasteiger partial charge in [-0.3, -0.25) is 9.59 Å².